The third kappa shape index (κ3) is 2.82. The molecule has 2 atom stereocenters. The molecule has 0 radical (unpaired) electrons. The summed E-state index contributed by atoms with van der Waals surface area (Å²) in [5.74, 6) is 0.556. The number of hydrogen-bond donors (Lipinski definition) is 1. The first-order valence-electron chi connectivity index (χ1n) is 6.79. The lowest BCUT2D eigenvalue weighted by atomic mass is 9.91. The highest BCUT2D eigenvalue weighted by atomic mass is 32.1. The average molecular weight is 281 g/mol. The fourth-order valence-electron chi connectivity index (χ4n) is 2.66. The highest BCUT2D eigenvalue weighted by Crippen LogP contribution is 2.31. The molecular formula is C14H23N3OS. The Morgan fingerprint density at radius 3 is 2.79 bits per heavy atom. The Labute approximate surface area is 119 Å². The molecule has 4 nitrogen and oxygen atoms in total. The van der Waals surface area contributed by atoms with Crippen molar-refractivity contribution in [2.24, 2.45) is 11.7 Å². The number of carbonyl (C=O) groups is 1. The normalized spacial score (nSPS) is 23.9. The SMILES string of the molecule is CC1CC(CN)CN1C(=O)c1scnc1C(C)(C)C. The van der Waals surface area contributed by atoms with Crippen molar-refractivity contribution in [1.29, 1.82) is 0 Å². The Balaban J connectivity index is 2.24. The lowest BCUT2D eigenvalue weighted by molar-refractivity contribution is 0.0745. The minimum atomic E-state index is -0.0960. The zero-order valence-electron chi connectivity index (χ0n) is 12.1. The van der Waals surface area contributed by atoms with Crippen LogP contribution in [-0.2, 0) is 5.41 Å². The average Bonchev–Trinajstić information content (AvgIpc) is 2.93. The Morgan fingerprint density at radius 2 is 2.26 bits per heavy atom. The van der Waals surface area contributed by atoms with Crippen LogP contribution in [0.4, 0.5) is 0 Å². The monoisotopic (exact) mass is 281 g/mol. The number of aromatic nitrogens is 1. The van der Waals surface area contributed by atoms with E-state index in [1.807, 2.05) is 4.90 Å². The summed E-state index contributed by atoms with van der Waals surface area (Å²) in [5, 5.41) is 0. The maximum Gasteiger partial charge on any atom is 0.266 e. The van der Waals surface area contributed by atoms with Gasteiger partial charge in [0.15, 0.2) is 0 Å². The van der Waals surface area contributed by atoms with Crippen LogP contribution in [0.3, 0.4) is 0 Å². The number of likely N-dealkylation sites (tertiary alicyclic amines) is 1. The van der Waals surface area contributed by atoms with E-state index in [9.17, 15) is 4.79 Å². The summed E-state index contributed by atoms with van der Waals surface area (Å²) < 4.78 is 0. The minimum absolute atomic E-state index is 0.0960. The second-order valence-electron chi connectivity index (χ2n) is 6.42. The molecular weight excluding hydrogens is 258 g/mol. The van der Waals surface area contributed by atoms with Crippen LogP contribution in [0.15, 0.2) is 5.51 Å². The van der Waals surface area contributed by atoms with Crippen molar-refractivity contribution in [3.63, 3.8) is 0 Å². The quantitative estimate of drug-likeness (QED) is 0.904. The third-order valence-electron chi connectivity index (χ3n) is 3.73. The molecule has 0 bridgehead atoms. The lowest BCUT2D eigenvalue weighted by Gasteiger charge is -2.23. The van der Waals surface area contributed by atoms with Crippen LogP contribution in [0.25, 0.3) is 0 Å². The van der Waals surface area contributed by atoms with Crippen LogP contribution in [0.2, 0.25) is 0 Å². The van der Waals surface area contributed by atoms with Gasteiger partial charge in [0.05, 0.1) is 11.2 Å². The van der Waals surface area contributed by atoms with Crippen molar-refractivity contribution in [3.05, 3.63) is 16.1 Å². The first-order valence-corrected chi connectivity index (χ1v) is 7.67. The summed E-state index contributed by atoms with van der Waals surface area (Å²) in [5.41, 5.74) is 8.31. The zero-order valence-corrected chi connectivity index (χ0v) is 13.0. The topological polar surface area (TPSA) is 59.2 Å². The molecule has 0 aliphatic carbocycles. The van der Waals surface area contributed by atoms with Gasteiger partial charge in [0.1, 0.15) is 4.88 Å². The van der Waals surface area contributed by atoms with E-state index in [1.54, 1.807) is 5.51 Å². The fourth-order valence-corrected chi connectivity index (χ4v) is 3.61. The predicted octanol–water partition coefficient (Wildman–Crippen LogP) is 2.25. The van der Waals surface area contributed by atoms with E-state index in [0.717, 1.165) is 23.5 Å². The van der Waals surface area contributed by atoms with Crippen molar-refractivity contribution in [2.75, 3.05) is 13.1 Å². The van der Waals surface area contributed by atoms with E-state index in [2.05, 4.69) is 32.7 Å². The maximum absolute atomic E-state index is 12.7. The number of nitrogens with two attached hydrogens (primary N) is 1. The molecule has 2 N–H and O–H groups in total. The van der Waals surface area contributed by atoms with Gasteiger partial charge in [-0.25, -0.2) is 4.98 Å². The molecule has 0 aromatic carbocycles. The highest BCUT2D eigenvalue weighted by molar-refractivity contribution is 7.11. The largest absolute Gasteiger partial charge is 0.335 e. The van der Waals surface area contributed by atoms with Crippen LogP contribution < -0.4 is 5.73 Å². The van der Waals surface area contributed by atoms with Crippen molar-refractivity contribution in [3.8, 4) is 0 Å². The molecule has 5 heteroatoms. The molecule has 2 rings (SSSR count). The van der Waals surface area contributed by atoms with Crippen LogP contribution in [-0.4, -0.2) is 34.9 Å². The van der Waals surface area contributed by atoms with Gasteiger partial charge in [-0.3, -0.25) is 4.79 Å². The zero-order chi connectivity index (χ0) is 14.2. The van der Waals surface area contributed by atoms with E-state index in [1.165, 1.54) is 11.3 Å². The summed E-state index contributed by atoms with van der Waals surface area (Å²) in [6.45, 7) is 9.81. The number of carbonyl (C=O) groups excluding carboxylic acids is 1. The van der Waals surface area contributed by atoms with Crippen molar-refractivity contribution in [1.82, 2.24) is 9.88 Å². The van der Waals surface area contributed by atoms with Gasteiger partial charge in [-0.05, 0) is 25.8 Å². The summed E-state index contributed by atoms with van der Waals surface area (Å²) in [6, 6.07) is 0.274. The van der Waals surface area contributed by atoms with Gasteiger partial charge >= 0.3 is 0 Å². The van der Waals surface area contributed by atoms with Gasteiger partial charge in [-0.1, -0.05) is 20.8 Å². The summed E-state index contributed by atoms with van der Waals surface area (Å²) in [7, 11) is 0. The Kier molecular flexibility index (Phi) is 3.97. The number of amides is 1. The molecule has 1 aromatic heterocycles. The van der Waals surface area contributed by atoms with E-state index < -0.39 is 0 Å². The number of hydrogen-bond acceptors (Lipinski definition) is 4. The fraction of sp³-hybridized carbons (Fsp3) is 0.714. The molecule has 106 valence electrons. The van der Waals surface area contributed by atoms with Crippen molar-refractivity contribution >= 4 is 17.2 Å². The maximum atomic E-state index is 12.7. The second-order valence-corrected chi connectivity index (χ2v) is 7.28. The molecule has 1 aromatic rings. The van der Waals surface area contributed by atoms with Crippen LogP contribution >= 0.6 is 11.3 Å². The minimum Gasteiger partial charge on any atom is -0.335 e. The first-order chi connectivity index (χ1) is 8.84. The summed E-state index contributed by atoms with van der Waals surface area (Å²) >= 11 is 1.45. The van der Waals surface area contributed by atoms with Gasteiger partial charge in [0.25, 0.3) is 5.91 Å². The molecule has 0 spiro atoms. The van der Waals surface area contributed by atoms with Gasteiger partial charge in [-0.2, -0.15) is 0 Å². The molecule has 1 amide bonds. The molecule has 19 heavy (non-hydrogen) atoms. The Morgan fingerprint density at radius 1 is 1.58 bits per heavy atom. The molecule has 0 saturated carbocycles. The van der Waals surface area contributed by atoms with Gasteiger partial charge in [0.2, 0.25) is 0 Å². The van der Waals surface area contributed by atoms with Gasteiger partial charge in [-0.15, -0.1) is 11.3 Å². The van der Waals surface area contributed by atoms with E-state index in [-0.39, 0.29) is 17.4 Å². The van der Waals surface area contributed by atoms with Crippen molar-refractivity contribution in [2.45, 2.75) is 45.6 Å². The number of thiazole rings is 1. The van der Waals surface area contributed by atoms with E-state index >= 15 is 0 Å². The smallest absolute Gasteiger partial charge is 0.266 e. The molecule has 1 saturated heterocycles. The third-order valence-corrected chi connectivity index (χ3v) is 4.54. The Bertz CT molecular complexity index is 464. The van der Waals surface area contributed by atoms with Crippen molar-refractivity contribution < 1.29 is 4.79 Å². The molecule has 2 heterocycles. The van der Waals surface area contributed by atoms with E-state index in [0.29, 0.717) is 12.5 Å². The number of nitrogens with zero attached hydrogens (tertiary/aromatic N) is 2. The van der Waals surface area contributed by atoms with E-state index in [4.69, 9.17) is 5.73 Å². The molecule has 1 aliphatic heterocycles. The lowest BCUT2D eigenvalue weighted by Crippen LogP contribution is -2.35. The van der Waals surface area contributed by atoms with Gasteiger partial charge in [0, 0.05) is 18.0 Å². The predicted molar refractivity (Wildman–Crippen MR) is 78.5 cm³/mol. The second kappa shape index (κ2) is 5.21. The number of rotatable bonds is 2. The standard InChI is InChI=1S/C14H23N3OS/c1-9-5-10(6-15)7-17(9)13(18)11-12(14(2,3)4)16-8-19-11/h8-10H,5-7,15H2,1-4H3. The van der Waals surface area contributed by atoms with Crippen LogP contribution in [0.1, 0.15) is 49.5 Å². The van der Waals surface area contributed by atoms with Crippen LogP contribution in [0.5, 0.6) is 0 Å². The molecule has 2 unspecified atom stereocenters. The summed E-state index contributed by atoms with van der Waals surface area (Å²) in [4.78, 5) is 19.8. The summed E-state index contributed by atoms with van der Waals surface area (Å²) in [6.07, 6.45) is 1.01. The Hall–Kier alpha value is -0.940. The molecule has 1 fully saturated rings. The first kappa shape index (κ1) is 14.5. The van der Waals surface area contributed by atoms with Crippen LogP contribution in [0, 0.1) is 5.92 Å². The molecule has 1 aliphatic rings. The van der Waals surface area contributed by atoms with Gasteiger partial charge < -0.3 is 10.6 Å². The highest BCUT2D eigenvalue weighted by Gasteiger charge is 2.35.